The molecule has 1 amide bonds. The molecule has 8 heteroatoms. The number of hydrogen-bond donors (Lipinski definition) is 2. The van der Waals surface area contributed by atoms with Crippen LogP contribution in [-0.4, -0.2) is 47.1 Å². The maximum atomic E-state index is 13.3. The lowest BCUT2D eigenvalue weighted by Crippen LogP contribution is -3.05. The van der Waals surface area contributed by atoms with Crippen molar-refractivity contribution in [3.8, 4) is 5.69 Å². The van der Waals surface area contributed by atoms with E-state index in [1.807, 2.05) is 18.7 Å². The molecule has 148 valence electrons. The smallest absolute Gasteiger partial charge is 0.230 e. The van der Waals surface area contributed by atoms with E-state index >= 15 is 0 Å². The highest BCUT2D eigenvalue weighted by Gasteiger charge is 2.23. The zero-order valence-electron chi connectivity index (χ0n) is 16.6. The van der Waals surface area contributed by atoms with E-state index in [1.165, 1.54) is 28.8 Å². The molecule has 27 heavy (non-hydrogen) atoms. The number of benzene rings is 1. The van der Waals surface area contributed by atoms with Gasteiger partial charge in [-0.1, -0.05) is 25.6 Å². The van der Waals surface area contributed by atoms with Crippen molar-refractivity contribution in [1.82, 2.24) is 20.1 Å². The number of hydrogen-bond acceptors (Lipinski definition) is 4. The van der Waals surface area contributed by atoms with Gasteiger partial charge >= 0.3 is 0 Å². The van der Waals surface area contributed by atoms with Crippen molar-refractivity contribution in [2.75, 3.05) is 26.4 Å². The average Bonchev–Trinajstić information content (AvgIpc) is 3.03. The number of quaternary nitrogens is 1. The van der Waals surface area contributed by atoms with Crippen molar-refractivity contribution in [2.45, 2.75) is 38.4 Å². The lowest BCUT2D eigenvalue weighted by Gasteiger charge is -2.18. The van der Waals surface area contributed by atoms with Crippen LogP contribution in [0, 0.1) is 11.7 Å². The molecule has 0 saturated carbocycles. The van der Waals surface area contributed by atoms with Crippen LogP contribution in [0.5, 0.6) is 0 Å². The summed E-state index contributed by atoms with van der Waals surface area (Å²) in [5, 5.41) is 12.2. The molecule has 2 N–H and O–H groups in total. The fraction of sp³-hybridized carbons (Fsp3) is 0.526. The van der Waals surface area contributed by atoms with Crippen LogP contribution in [0.4, 0.5) is 4.39 Å². The molecule has 2 aromatic rings. The SMILES string of the molecule is CC(C)CCNC(=O)CSc1nnc([C@H](C)[NH+](C)C)n1-c1ccc(F)cc1. The molecule has 0 unspecified atom stereocenters. The van der Waals surface area contributed by atoms with Gasteiger partial charge in [-0.05, 0) is 43.5 Å². The summed E-state index contributed by atoms with van der Waals surface area (Å²) < 4.78 is 15.2. The van der Waals surface area contributed by atoms with Crippen LogP contribution in [0.1, 0.15) is 39.1 Å². The number of carbonyl (C=O) groups excluding carboxylic acids is 1. The third-order valence-electron chi connectivity index (χ3n) is 4.37. The predicted molar refractivity (Wildman–Crippen MR) is 106 cm³/mol. The van der Waals surface area contributed by atoms with Crippen LogP contribution in [0.2, 0.25) is 0 Å². The number of aromatic nitrogens is 3. The molecular formula is C19H29FN5OS+. The number of nitrogens with one attached hydrogen (secondary N) is 2. The third-order valence-corrected chi connectivity index (χ3v) is 5.30. The molecule has 0 spiro atoms. The Hall–Kier alpha value is -1.93. The van der Waals surface area contributed by atoms with E-state index in [9.17, 15) is 9.18 Å². The lowest BCUT2D eigenvalue weighted by atomic mass is 10.1. The van der Waals surface area contributed by atoms with Gasteiger partial charge in [0.05, 0.1) is 19.8 Å². The number of rotatable bonds is 9. The van der Waals surface area contributed by atoms with Crippen molar-refractivity contribution < 1.29 is 14.1 Å². The van der Waals surface area contributed by atoms with Crippen LogP contribution in [0.15, 0.2) is 29.4 Å². The molecule has 1 heterocycles. The summed E-state index contributed by atoms with van der Waals surface area (Å²) in [6, 6.07) is 6.33. The topological polar surface area (TPSA) is 64.2 Å². The van der Waals surface area contributed by atoms with E-state index in [0.29, 0.717) is 17.6 Å². The molecule has 0 fully saturated rings. The van der Waals surface area contributed by atoms with Gasteiger partial charge in [0.1, 0.15) is 11.9 Å². The molecule has 0 aliphatic heterocycles. The van der Waals surface area contributed by atoms with Gasteiger partial charge in [0.15, 0.2) is 11.0 Å². The molecule has 0 aliphatic rings. The van der Waals surface area contributed by atoms with Crippen molar-refractivity contribution in [3.05, 3.63) is 35.9 Å². The van der Waals surface area contributed by atoms with E-state index in [1.54, 1.807) is 12.1 Å². The molecule has 1 aromatic heterocycles. The molecule has 2 rings (SSSR count). The summed E-state index contributed by atoms with van der Waals surface area (Å²) in [5.74, 6) is 1.28. The van der Waals surface area contributed by atoms with E-state index in [4.69, 9.17) is 0 Å². The maximum absolute atomic E-state index is 13.3. The van der Waals surface area contributed by atoms with Crippen molar-refractivity contribution in [2.24, 2.45) is 5.92 Å². The Balaban J connectivity index is 2.18. The normalized spacial score (nSPS) is 12.6. The Morgan fingerprint density at radius 2 is 1.89 bits per heavy atom. The van der Waals surface area contributed by atoms with Crippen LogP contribution in [-0.2, 0) is 4.79 Å². The number of halogens is 1. The molecule has 1 aromatic carbocycles. The van der Waals surface area contributed by atoms with Crippen molar-refractivity contribution in [3.63, 3.8) is 0 Å². The van der Waals surface area contributed by atoms with Gasteiger partial charge in [0, 0.05) is 12.2 Å². The maximum Gasteiger partial charge on any atom is 0.230 e. The zero-order valence-corrected chi connectivity index (χ0v) is 17.4. The summed E-state index contributed by atoms with van der Waals surface area (Å²) in [4.78, 5) is 13.3. The Morgan fingerprint density at radius 3 is 2.48 bits per heavy atom. The van der Waals surface area contributed by atoms with Gasteiger partial charge in [0.25, 0.3) is 0 Å². The fourth-order valence-corrected chi connectivity index (χ4v) is 3.22. The minimum absolute atomic E-state index is 0.0258. The molecule has 0 aliphatic carbocycles. The first kappa shape index (κ1) is 21.4. The van der Waals surface area contributed by atoms with E-state index in [0.717, 1.165) is 17.9 Å². The standard InChI is InChI=1S/C19H28FN5OS/c1-13(2)10-11-21-17(26)12-27-19-23-22-18(14(3)24(4)5)25(19)16-8-6-15(20)7-9-16/h6-9,13-14H,10-12H2,1-5H3,(H,21,26)/p+1/t14-/m0/s1. The Kier molecular flexibility index (Phi) is 7.79. The molecule has 0 radical (unpaired) electrons. The second kappa shape index (κ2) is 9.85. The third kappa shape index (κ3) is 6.04. The van der Waals surface area contributed by atoms with Gasteiger partial charge in [0.2, 0.25) is 5.91 Å². The summed E-state index contributed by atoms with van der Waals surface area (Å²) in [7, 11) is 4.09. The average molecular weight is 395 g/mol. The number of nitrogens with zero attached hydrogens (tertiary/aromatic N) is 3. The lowest BCUT2D eigenvalue weighted by molar-refractivity contribution is -0.890. The second-order valence-electron chi connectivity index (χ2n) is 7.27. The number of thioether (sulfide) groups is 1. The highest BCUT2D eigenvalue weighted by atomic mass is 32.2. The molecule has 0 saturated heterocycles. The van der Waals surface area contributed by atoms with Crippen LogP contribution >= 0.6 is 11.8 Å². The molecule has 1 atom stereocenters. The van der Waals surface area contributed by atoms with E-state index < -0.39 is 0 Å². The summed E-state index contributed by atoms with van der Waals surface area (Å²) >= 11 is 1.34. The molecule has 6 nitrogen and oxygen atoms in total. The minimum Gasteiger partial charge on any atom is -0.355 e. The van der Waals surface area contributed by atoms with Crippen LogP contribution in [0.25, 0.3) is 5.69 Å². The summed E-state index contributed by atoms with van der Waals surface area (Å²) in [6.07, 6.45) is 0.954. The predicted octanol–water partition coefficient (Wildman–Crippen LogP) is 1.87. The first-order valence-corrected chi connectivity index (χ1v) is 10.2. The summed E-state index contributed by atoms with van der Waals surface area (Å²) in [5.41, 5.74) is 0.784. The highest BCUT2D eigenvalue weighted by Crippen LogP contribution is 2.24. The zero-order chi connectivity index (χ0) is 20.0. The fourth-order valence-electron chi connectivity index (χ4n) is 2.43. The molecular weight excluding hydrogens is 365 g/mol. The Bertz CT molecular complexity index is 745. The number of amides is 1. The Morgan fingerprint density at radius 1 is 1.22 bits per heavy atom. The van der Waals surface area contributed by atoms with Gasteiger partial charge in [-0.3, -0.25) is 9.36 Å². The highest BCUT2D eigenvalue weighted by molar-refractivity contribution is 7.99. The monoisotopic (exact) mass is 394 g/mol. The van der Waals surface area contributed by atoms with Crippen LogP contribution < -0.4 is 10.2 Å². The van der Waals surface area contributed by atoms with Crippen molar-refractivity contribution in [1.29, 1.82) is 0 Å². The largest absolute Gasteiger partial charge is 0.355 e. The van der Waals surface area contributed by atoms with Gasteiger partial charge < -0.3 is 10.2 Å². The van der Waals surface area contributed by atoms with Gasteiger partial charge in [-0.2, -0.15) is 0 Å². The quantitative estimate of drug-likeness (QED) is 0.638. The Labute approximate surface area is 164 Å². The van der Waals surface area contributed by atoms with Gasteiger partial charge in [-0.25, -0.2) is 4.39 Å². The van der Waals surface area contributed by atoms with E-state index in [-0.39, 0.29) is 23.5 Å². The minimum atomic E-state index is -0.293. The second-order valence-corrected chi connectivity index (χ2v) is 8.22. The van der Waals surface area contributed by atoms with Crippen molar-refractivity contribution >= 4 is 17.7 Å². The van der Waals surface area contributed by atoms with E-state index in [2.05, 4.69) is 36.3 Å². The number of carbonyl (C=O) groups is 1. The first-order valence-electron chi connectivity index (χ1n) is 9.20. The van der Waals surface area contributed by atoms with Crippen LogP contribution in [0.3, 0.4) is 0 Å². The van der Waals surface area contributed by atoms with Gasteiger partial charge in [-0.15, -0.1) is 10.2 Å². The summed E-state index contributed by atoms with van der Waals surface area (Å²) in [6.45, 7) is 6.99. The first-order chi connectivity index (χ1) is 12.8. The molecule has 0 bridgehead atoms.